The summed E-state index contributed by atoms with van der Waals surface area (Å²) in [4.78, 5) is 22.8. The first-order valence-corrected chi connectivity index (χ1v) is 5.73. The predicted molar refractivity (Wildman–Crippen MR) is 62.7 cm³/mol. The Kier molecular flexibility index (Phi) is 3.64. The highest BCUT2D eigenvalue weighted by molar-refractivity contribution is 6.30. The molecule has 0 aromatic heterocycles. The monoisotopic (exact) mass is 253 g/mol. The minimum Gasteiger partial charge on any atom is -0.464 e. The highest BCUT2D eigenvalue weighted by Crippen LogP contribution is 2.10. The Bertz CT molecular complexity index is 430. The summed E-state index contributed by atoms with van der Waals surface area (Å²) >= 11 is 5.74. The minimum atomic E-state index is -0.491. The molecule has 0 aliphatic carbocycles. The smallest absolute Gasteiger partial charge is 0.328 e. The largest absolute Gasteiger partial charge is 0.464 e. The van der Waals surface area contributed by atoms with Gasteiger partial charge in [0.1, 0.15) is 6.04 Å². The van der Waals surface area contributed by atoms with Gasteiger partial charge >= 0.3 is 5.97 Å². The lowest BCUT2D eigenvalue weighted by molar-refractivity contribution is -0.141. The summed E-state index contributed by atoms with van der Waals surface area (Å²) in [6.45, 7) is 0.380. The molecule has 1 atom stereocenters. The summed E-state index contributed by atoms with van der Waals surface area (Å²) < 4.78 is 4.76. The molecule has 17 heavy (non-hydrogen) atoms. The lowest BCUT2D eigenvalue weighted by atomic mass is 10.1. The molecule has 0 saturated carbocycles. The second kappa shape index (κ2) is 5.19. The van der Waals surface area contributed by atoms with Crippen LogP contribution >= 0.6 is 11.6 Å². The zero-order chi connectivity index (χ0) is 12.3. The number of nitrogens with one attached hydrogen (secondary N) is 1. The fourth-order valence-corrected chi connectivity index (χ4v) is 1.79. The van der Waals surface area contributed by atoms with Gasteiger partial charge in [-0.05, 0) is 17.7 Å². The van der Waals surface area contributed by atoms with Crippen LogP contribution < -0.4 is 5.32 Å². The van der Waals surface area contributed by atoms with E-state index in [2.05, 4.69) is 5.32 Å². The van der Waals surface area contributed by atoms with E-state index in [0.29, 0.717) is 18.1 Å². The summed E-state index contributed by atoms with van der Waals surface area (Å²) in [5.41, 5.74) is 0.860. The molecule has 0 unspecified atom stereocenters. The van der Waals surface area contributed by atoms with Crippen LogP contribution in [0.3, 0.4) is 0 Å². The summed E-state index contributed by atoms with van der Waals surface area (Å²) in [7, 11) is 0. The number of halogens is 1. The highest BCUT2D eigenvalue weighted by Gasteiger charge is 2.27. The SMILES string of the molecule is O=C(Cc1ccc(Cl)cc1)N[C@@H]1CCOC1=O. The summed E-state index contributed by atoms with van der Waals surface area (Å²) in [6.07, 6.45) is 0.784. The number of hydrogen-bond acceptors (Lipinski definition) is 3. The van der Waals surface area contributed by atoms with E-state index in [9.17, 15) is 9.59 Å². The Morgan fingerprint density at radius 3 is 2.71 bits per heavy atom. The molecule has 2 rings (SSSR count). The third-order valence-electron chi connectivity index (χ3n) is 2.55. The molecule has 0 bridgehead atoms. The number of carbonyl (C=O) groups is 2. The van der Waals surface area contributed by atoms with Crippen molar-refractivity contribution < 1.29 is 14.3 Å². The van der Waals surface area contributed by atoms with E-state index in [1.165, 1.54) is 0 Å². The van der Waals surface area contributed by atoms with Gasteiger partial charge in [0, 0.05) is 11.4 Å². The molecule has 1 aliphatic heterocycles. The minimum absolute atomic E-state index is 0.184. The van der Waals surface area contributed by atoms with E-state index in [-0.39, 0.29) is 18.3 Å². The maximum Gasteiger partial charge on any atom is 0.328 e. The van der Waals surface area contributed by atoms with Crippen molar-refractivity contribution in [2.45, 2.75) is 18.9 Å². The maximum absolute atomic E-state index is 11.6. The van der Waals surface area contributed by atoms with Crippen LogP contribution in [0.1, 0.15) is 12.0 Å². The fourth-order valence-electron chi connectivity index (χ4n) is 1.66. The van der Waals surface area contributed by atoms with Crippen LogP contribution in [0.4, 0.5) is 0 Å². The number of esters is 1. The van der Waals surface area contributed by atoms with Crippen LogP contribution in [-0.4, -0.2) is 24.5 Å². The molecule has 1 fully saturated rings. The zero-order valence-corrected chi connectivity index (χ0v) is 9.87. The molecule has 1 aliphatic rings. The average molecular weight is 254 g/mol. The molecule has 1 aromatic rings. The first-order chi connectivity index (χ1) is 8.15. The zero-order valence-electron chi connectivity index (χ0n) is 9.11. The molecule has 0 radical (unpaired) electrons. The van der Waals surface area contributed by atoms with Crippen molar-refractivity contribution >= 4 is 23.5 Å². The molecule has 1 aromatic carbocycles. The molecule has 4 nitrogen and oxygen atoms in total. The van der Waals surface area contributed by atoms with Gasteiger partial charge in [0.25, 0.3) is 0 Å². The Hall–Kier alpha value is -1.55. The van der Waals surface area contributed by atoms with Crippen LogP contribution in [-0.2, 0) is 20.7 Å². The quantitative estimate of drug-likeness (QED) is 0.827. The van der Waals surface area contributed by atoms with Crippen LogP contribution in [0.2, 0.25) is 5.02 Å². The molecule has 1 amide bonds. The molecule has 0 spiro atoms. The standard InChI is InChI=1S/C12H12ClNO3/c13-9-3-1-8(2-4-9)7-11(15)14-10-5-6-17-12(10)16/h1-4,10H,5-7H2,(H,14,15)/t10-/m1/s1. The van der Waals surface area contributed by atoms with Crippen LogP contribution in [0.25, 0.3) is 0 Å². The van der Waals surface area contributed by atoms with E-state index >= 15 is 0 Å². The Morgan fingerprint density at radius 1 is 1.41 bits per heavy atom. The van der Waals surface area contributed by atoms with E-state index in [1.54, 1.807) is 24.3 Å². The molecular formula is C12H12ClNO3. The van der Waals surface area contributed by atoms with Gasteiger partial charge in [0.05, 0.1) is 13.0 Å². The van der Waals surface area contributed by atoms with Crippen molar-refractivity contribution in [1.29, 1.82) is 0 Å². The van der Waals surface area contributed by atoms with Crippen molar-refractivity contribution in [3.63, 3.8) is 0 Å². The summed E-state index contributed by atoms with van der Waals surface area (Å²) in [5.74, 6) is -0.536. The van der Waals surface area contributed by atoms with Crippen molar-refractivity contribution in [3.05, 3.63) is 34.9 Å². The molecule has 1 heterocycles. The Balaban J connectivity index is 1.88. The average Bonchev–Trinajstić information content (AvgIpc) is 2.68. The van der Waals surface area contributed by atoms with Gasteiger partial charge in [-0.15, -0.1) is 0 Å². The fraction of sp³-hybridized carbons (Fsp3) is 0.333. The predicted octanol–water partition coefficient (Wildman–Crippen LogP) is 1.31. The topological polar surface area (TPSA) is 55.4 Å². The van der Waals surface area contributed by atoms with Crippen LogP contribution in [0, 0.1) is 0 Å². The van der Waals surface area contributed by atoms with Crippen molar-refractivity contribution in [1.82, 2.24) is 5.32 Å². The number of benzene rings is 1. The lowest BCUT2D eigenvalue weighted by Gasteiger charge is -2.08. The van der Waals surface area contributed by atoms with Gasteiger partial charge in [-0.3, -0.25) is 4.79 Å². The van der Waals surface area contributed by atoms with Crippen molar-refractivity contribution in [3.8, 4) is 0 Å². The molecular weight excluding hydrogens is 242 g/mol. The van der Waals surface area contributed by atoms with Gasteiger partial charge < -0.3 is 10.1 Å². The van der Waals surface area contributed by atoms with E-state index in [1.807, 2.05) is 0 Å². The summed E-state index contributed by atoms with van der Waals surface area (Å²) in [5, 5.41) is 3.28. The number of carbonyl (C=O) groups excluding carboxylic acids is 2. The number of ether oxygens (including phenoxy) is 1. The van der Waals surface area contributed by atoms with Gasteiger partial charge in [-0.25, -0.2) is 4.79 Å². The van der Waals surface area contributed by atoms with E-state index < -0.39 is 6.04 Å². The van der Waals surface area contributed by atoms with Gasteiger partial charge in [0.2, 0.25) is 5.91 Å². The highest BCUT2D eigenvalue weighted by atomic mass is 35.5. The van der Waals surface area contributed by atoms with Gasteiger partial charge in [-0.2, -0.15) is 0 Å². The van der Waals surface area contributed by atoms with Gasteiger partial charge in [-0.1, -0.05) is 23.7 Å². The Morgan fingerprint density at radius 2 is 2.12 bits per heavy atom. The Labute approximate surface area is 104 Å². The first kappa shape index (κ1) is 11.9. The van der Waals surface area contributed by atoms with E-state index in [0.717, 1.165) is 5.56 Å². The molecule has 5 heteroatoms. The number of hydrogen-bond donors (Lipinski definition) is 1. The van der Waals surface area contributed by atoms with Gasteiger partial charge in [0.15, 0.2) is 0 Å². The van der Waals surface area contributed by atoms with Crippen molar-refractivity contribution in [2.24, 2.45) is 0 Å². The molecule has 1 saturated heterocycles. The van der Waals surface area contributed by atoms with Crippen molar-refractivity contribution in [2.75, 3.05) is 6.61 Å². The second-order valence-corrected chi connectivity index (χ2v) is 4.32. The molecule has 90 valence electrons. The van der Waals surface area contributed by atoms with Crippen LogP contribution in [0.5, 0.6) is 0 Å². The number of rotatable bonds is 3. The molecule has 1 N–H and O–H groups in total. The first-order valence-electron chi connectivity index (χ1n) is 5.35. The third-order valence-corrected chi connectivity index (χ3v) is 2.80. The summed E-state index contributed by atoms with van der Waals surface area (Å²) in [6, 6.07) is 6.54. The maximum atomic E-state index is 11.6. The third kappa shape index (κ3) is 3.20. The number of cyclic esters (lactones) is 1. The second-order valence-electron chi connectivity index (χ2n) is 3.88. The lowest BCUT2D eigenvalue weighted by Crippen LogP contribution is -2.38. The van der Waals surface area contributed by atoms with Crippen LogP contribution in [0.15, 0.2) is 24.3 Å². The normalized spacial score (nSPS) is 18.9. The number of amides is 1. The van der Waals surface area contributed by atoms with E-state index in [4.69, 9.17) is 16.3 Å².